The Balaban J connectivity index is 2.35. The molecule has 0 saturated heterocycles. The minimum atomic E-state index is 0.528. The third kappa shape index (κ3) is 5.54. The lowest BCUT2D eigenvalue weighted by Crippen LogP contribution is -2.21. The van der Waals surface area contributed by atoms with E-state index in [-0.39, 0.29) is 0 Å². The van der Waals surface area contributed by atoms with Crippen molar-refractivity contribution in [3.8, 4) is 0 Å². The smallest absolute Gasteiger partial charge is 0.103 e. The number of hydrogen-bond acceptors (Lipinski definition) is 4. The lowest BCUT2D eigenvalue weighted by Gasteiger charge is -2.05. The van der Waals surface area contributed by atoms with Gasteiger partial charge in [-0.2, -0.15) is 11.8 Å². The molecule has 1 aromatic rings. The minimum Gasteiger partial charge on any atom is -0.309 e. The molecule has 0 atom stereocenters. The van der Waals surface area contributed by atoms with Gasteiger partial charge in [-0.15, -0.1) is 11.3 Å². The van der Waals surface area contributed by atoms with Crippen molar-refractivity contribution in [2.45, 2.75) is 51.3 Å². The Morgan fingerprint density at radius 2 is 2.13 bits per heavy atom. The van der Waals surface area contributed by atoms with Crippen LogP contribution in [0.2, 0.25) is 0 Å². The highest BCUT2D eigenvalue weighted by Gasteiger charge is 2.03. The Bertz CT molecular complexity index is 255. The van der Waals surface area contributed by atoms with Crippen LogP contribution in [0.15, 0.2) is 5.38 Å². The summed E-state index contributed by atoms with van der Waals surface area (Å²) in [4.78, 5) is 4.59. The summed E-state index contributed by atoms with van der Waals surface area (Å²) in [5.74, 6) is 1.05. The van der Waals surface area contributed by atoms with Gasteiger partial charge in [0.1, 0.15) is 5.01 Å². The number of nitrogens with one attached hydrogen (secondary N) is 1. The molecule has 0 bridgehead atoms. The monoisotopic (exact) mass is 244 g/mol. The molecule has 1 heterocycles. The van der Waals surface area contributed by atoms with Gasteiger partial charge in [0.2, 0.25) is 0 Å². The molecular formula is C11H20N2S2. The fourth-order valence-electron chi connectivity index (χ4n) is 1.04. The first-order valence-corrected chi connectivity index (χ1v) is 7.29. The molecule has 0 spiro atoms. The zero-order valence-corrected chi connectivity index (χ0v) is 11.5. The lowest BCUT2D eigenvalue weighted by molar-refractivity contribution is 0.582. The summed E-state index contributed by atoms with van der Waals surface area (Å²) in [7, 11) is 0. The van der Waals surface area contributed by atoms with Gasteiger partial charge in [-0.05, 0) is 5.25 Å². The van der Waals surface area contributed by atoms with Gasteiger partial charge in [0, 0.05) is 23.7 Å². The number of thiazole rings is 1. The summed E-state index contributed by atoms with van der Waals surface area (Å²) in [6, 6.07) is 0.528. The average molecular weight is 244 g/mol. The van der Waals surface area contributed by atoms with Gasteiger partial charge >= 0.3 is 0 Å². The first-order chi connectivity index (χ1) is 7.08. The summed E-state index contributed by atoms with van der Waals surface area (Å²) in [6.45, 7) is 9.64. The van der Waals surface area contributed by atoms with Crippen LogP contribution in [0.5, 0.6) is 0 Å². The fourth-order valence-corrected chi connectivity index (χ4v) is 2.64. The standard InChI is InChI=1S/C11H20N2S2/c1-8(2)12-5-10-6-15-11(13-10)7-14-9(3)4/h6,8-9,12H,5,7H2,1-4H3. The molecule has 86 valence electrons. The molecule has 0 radical (unpaired) electrons. The quantitative estimate of drug-likeness (QED) is 0.831. The second-order valence-corrected chi connectivity index (χ2v) is 6.64. The van der Waals surface area contributed by atoms with Crippen molar-refractivity contribution in [2.75, 3.05) is 0 Å². The molecule has 0 saturated carbocycles. The maximum atomic E-state index is 4.59. The second kappa shape index (κ2) is 6.51. The number of aromatic nitrogens is 1. The van der Waals surface area contributed by atoms with Crippen molar-refractivity contribution in [1.29, 1.82) is 0 Å². The molecule has 0 aliphatic rings. The molecule has 1 rings (SSSR count). The maximum absolute atomic E-state index is 4.59. The maximum Gasteiger partial charge on any atom is 0.103 e. The predicted octanol–water partition coefficient (Wildman–Crippen LogP) is 3.28. The van der Waals surface area contributed by atoms with Crippen LogP contribution in [0.25, 0.3) is 0 Å². The molecule has 0 fully saturated rings. The first kappa shape index (κ1) is 13.0. The molecule has 2 nitrogen and oxygen atoms in total. The van der Waals surface area contributed by atoms with E-state index in [4.69, 9.17) is 0 Å². The van der Waals surface area contributed by atoms with E-state index in [1.54, 1.807) is 11.3 Å². The Morgan fingerprint density at radius 1 is 1.40 bits per heavy atom. The van der Waals surface area contributed by atoms with E-state index >= 15 is 0 Å². The Morgan fingerprint density at radius 3 is 2.73 bits per heavy atom. The SMILES string of the molecule is CC(C)NCc1csc(CSC(C)C)n1. The summed E-state index contributed by atoms with van der Waals surface area (Å²) in [5.41, 5.74) is 1.17. The Labute approximate surface area is 101 Å². The number of hydrogen-bond donors (Lipinski definition) is 1. The molecule has 0 unspecified atom stereocenters. The minimum absolute atomic E-state index is 0.528. The van der Waals surface area contributed by atoms with Gasteiger partial charge in [-0.1, -0.05) is 27.7 Å². The van der Waals surface area contributed by atoms with E-state index in [1.807, 2.05) is 11.8 Å². The molecule has 15 heavy (non-hydrogen) atoms. The molecule has 0 aliphatic heterocycles. The van der Waals surface area contributed by atoms with Crippen molar-refractivity contribution in [2.24, 2.45) is 0 Å². The van der Waals surface area contributed by atoms with Crippen LogP contribution < -0.4 is 5.32 Å². The molecule has 0 aliphatic carbocycles. The third-order valence-electron chi connectivity index (χ3n) is 1.83. The molecule has 0 aromatic carbocycles. The van der Waals surface area contributed by atoms with Gasteiger partial charge in [0.15, 0.2) is 0 Å². The number of thioether (sulfide) groups is 1. The van der Waals surface area contributed by atoms with Crippen molar-refractivity contribution < 1.29 is 0 Å². The zero-order chi connectivity index (χ0) is 11.3. The largest absolute Gasteiger partial charge is 0.309 e. The van der Waals surface area contributed by atoms with Crippen molar-refractivity contribution in [1.82, 2.24) is 10.3 Å². The van der Waals surface area contributed by atoms with Crippen molar-refractivity contribution >= 4 is 23.1 Å². The number of nitrogens with zero attached hydrogens (tertiary/aromatic N) is 1. The van der Waals surface area contributed by atoms with Crippen LogP contribution in [0.3, 0.4) is 0 Å². The molecule has 0 amide bonds. The highest BCUT2D eigenvalue weighted by atomic mass is 32.2. The van der Waals surface area contributed by atoms with E-state index in [2.05, 4.69) is 43.4 Å². The highest BCUT2D eigenvalue weighted by Crippen LogP contribution is 2.20. The Hall–Kier alpha value is -0.0600. The van der Waals surface area contributed by atoms with Gasteiger partial charge in [-0.3, -0.25) is 0 Å². The van der Waals surface area contributed by atoms with Crippen LogP contribution in [-0.2, 0) is 12.3 Å². The fraction of sp³-hybridized carbons (Fsp3) is 0.727. The third-order valence-corrected chi connectivity index (χ3v) is 4.02. The van der Waals surface area contributed by atoms with Gasteiger partial charge < -0.3 is 5.32 Å². The predicted molar refractivity (Wildman–Crippen MR) is 70.5 cm³/mol. The van der Waals surface area contributed by atoms with Gasteiger partial charge in [0.25, 0.3) is 0 Å². The molecule has 1 aromatic heterocycles. The van der Waals surface area contributed by atoms with Crippen LogP contribution in [0.1, 0.15) is 38.4 Å². The lowest BCUT2D eigenvalue weighted by atomic mass is 10.4. The second-order valence-electron chi connectivity index (χ2n) is 4.13. The van der Waals surface area contributed by atoms with E-state index in [9.17, 15) is 0 Å². The highest BCUT2D eigenvalue weighted by molar-refractivity contribution is 7.99. The summed E-state index contributed by atoms with van der Waals surface area (Å²) >= 11 is 3.72. The average Bonchev–Trinajstić information content (AvgIpc) is 2.59. The van der Waals surface area contributed by atoms with Crippen LogP contribution >= 0.6 is 23.1 Å². The topological polar surface area (TPSA) is 24.9 Å². The molecule has 4 heteroatoms. The van der Waals surface area contributed by atoms with E-state index in [0.717, 1.165) is 12.3 Å². The summed E-state index contributed by atoms with van der Waals surface area (Å²) in [5, 5.41) is 7.47. The van der Waals surface area contributed by atoms with Crippen LogP contribution in [0, 0.1) is 0 Å². The van der Waals surface area contributed by atoms with E-state index in [0.29, 0.717) is 11.3 Å². The van der Waals surface area contributed by atoms with E-state index in [1.165, 1.54) is 10.7 Å². The van der Waals surface area contributed by atoms with Crippen LogP contribution in [-0.4, -0.2) is 16.3 Å². The Kier molecular flexibility index (Phi) is 5.64. The van der Waals surface area contributed by atoms with Crippen molar-refractivity contribution in [3.63, 3.8) is 0 Å². The molecular weight excluding hydrogens is 224 g/mol. The zero-order valence-electron chi connectivity index (χ0n) is 9.91. The van der Waals surface area contributed by atoms with E-state index < -0.39 is 0 Å². The van der Waals surface area contributed by atoms with Crippen LogP contribution in [0.4, 0.5) is 0 Å². The summed E-state index contributed by atoms with van der Waals surface area (Å²) in [6.07, 6.45) is 0. The number of rotatable bonds is 6. The molecule has 1 N–H and O–H groups in total. The first-order valence-electron chi connectivity index (χ1n) is 5.36. The summed E-state index contributed by atoms with van der Waals surface area (Å²) < 4.78 is 0. The van der Waals surface area contributed by atoms with Crippen molar-refractivity contribution in [3.05, 3.63) is 16.1 Å². The van der Waals surface area contributed by atoms with Gasteiger partial charge in [-0.25, -0.2) is 4.98 Å². The normalized spacial score (nSPS) is 11.6. The van der Waals surface area contributed by atoms with Gasteiger partial charge in [0.05, 0.1) is 5.69 Å².